The number of phenolic OH excluding ortho intramolecular Hbond substituents is 1. The first-order valence-corrected chi connectivity index (χ1v) is 7.72. The number of amides is 1. The minimum Gasteiger partial charge on any atom is -0.507 e. The fraction of sp³-hybridized carbons (Fsp3) is 0.167. The lowest BCUT2D eigenvalue weighted by atomic mass is 10.0. The Hall–Kier alpha value is -3.15. The van der Waals surface area contributed by atoms with E-state index in [0.717, 1.165) is 17.5 Å². The zero-order valence-electron chi connectivity index (χ0n) is 13.2. The minimum atomic E-state index is -0.480. The van der Waals surface area contributed by atoms with E-state index in [9.17, 15) is 9.90 Å². The second-order valence-corrected chi connectivity index (χ2v) is 5.39. The van der Waals surface area contributed by atoms with Crippen LogP contribution in [0.5, 0.6) is 5.75 Å². The van der Waals surface area contributed by atoms with E-state index in [1.807, 2.05) is 43.3 Å². The number of hydrogen-bond acceptors (Lipinski definition) is 4. The van der Waals surface area contributed by atoms with Crippen molar-refractivity contribution in [3.8, 4) is 5.75 Å². The predicted octanol–water partition coefficient (Wildman–Crippen LogP) is 2.59. The maximum atomic E-state index is 12.6. The molecule has 0 spiro atoms. The molecule has 24 heavy (non-hydrogen) atoms. The van der Waals surface area contributed by atoms with E-state index in [4.69, 9.17) is 0 Å². The number of nitrogens with one attached hydrogen (secondary N) is 2. The van der Waals surface area contributed by atoms with Gasteiger partial charge >= 0.3 is 0 Å². The molecule has 0 bridgehead atoms. The molecule has 3 rings (SSSR count). The zero-order chi connectivity index (χ0) is 16.9. The normalized spacial score (nSPS) is 11.9. The molecule has 6 heteroatoms. The molecule has 0 aliphatic carbocycles. The van der Waals surface area contributed by atoms with Gasteiger partial charge in [-0.2, -0.15) is 5.10 Å². The van der Waals surface area contributed by atoms with Gasteiger partial charge in [-0.05, 0) is 29.7 Å². The van der Waals surface area contributed by atoms with E-state index in [0.29, 0.717) is 5.82 Å². The van der Waals surface area contributed by atoms with Crippen LogP contribution in [0.2, 0.25) is 0 Å². The van der Waals surface area contributed by atoms with Crippen molar-refractivity contribution < 1.29 is 9.90 Å². The Morgan fingerprint density at radius 3 is 2.67 bits per heavy atom. The molecule has 2 aromatic carbocycles. The summed E-state index contributed by atoms with van der Waals surface area (Å²) in [6.45, 7) is 1.99. The molecule has 0 aliphatic heterocycles. The van der Waals surface area contributed by atoms with Crippen LogP contribution < -0.4 is 5.32 Å². The van der Waals surface area contributed by atoms with Gasteiger partial charge in [-0.3, -0.25) is 9.89 Å². The van der Waals surface area contributed by atoms with Crippen molar-refractivity contribution in [3.63, 3.8) is 0 Å². The lowest BCUT2D eigenvalue weighted by Crippen LogP contribution is -2.30. The highest BCUT2D eigenvalue weighted by molar-refractivity contribution is 5.97. The average molecular weight is 322 g/mol. The van der Waals surface area contributed by atoms with Crippen LogP contribution in [0.4, 0.5) is 0 Å². The van der Waals surface area contributed by atoms with Gasteiger partial charge in [0.15, 0.2) is 5.82 Å². The number of nitrogens with zero attached hydrogens (tertiary/aromatic N) is 2. The maximum absolute atomic E-state index is 12.6. The Bertz CT molecular complexity index is 816. The smallest absolute Gasteiger partial charge is 0.255 e. The third-order valence-electron chi connectivity index (χ3n) is 3.83. The summed E-state index contributed by atoms with van der Waals surface area (Å²) in [7, 11) is 0. The van der Waals surface area contributed by atoms with E-state index in [1.54, 1.807) is 12.1 Å². The van der Waals surface area contributed by atoms with Gasteiger partial charge in [-0.15, -0.1) is 0 Å². The van der Waals surface area contributed by atoms with Crippen LogP contribution >= 0.6 is 0 Å². The van der Waals surface area contributed by atoms with Crippen LogP contribution in [-0.4, -0.2) is 26.2 Å². The first-order chi connectivity index (χ1) is 11.7. The molecule has 6 nitrogen and oxygen atoms in total. The number of H-pyrrole nitrogens is 1. The molecule has 1 atom stereocenters. The van der Waals surface area contributed by atoms with Crippen molar-refractivity contribution in [2.24, 2.45) is 0 Å². The monoisotopic (exact) mass is 322 g/mol. The number of aromatic amines is 1. The van der Waals surface area contributed by atoms with E-state index in [2.05, 4.69) is 20.5 Å². The number of hydrogen-bond donors (Lipinski definition) is 3. The van der Waals surface area contributed by atoms with Gasteiger partial charge in [0.2, 0.25) is 0 Å². The van der Waals surface area contributed by atoms with Crippen molar-refractivity contribution in [1.29, 1.82) is 0 Å². The Kier molecular flexibility index (Phi) is 4.56. The Labute approximate surface area is 139 Å². The second kappa shape index (κ2) is 6.95. The molecule has 0 aliphatic rings. The fourth-order valence-corrected chi connectivity index (χ4v) is 2.51. The molecule has 122 valence electrons. The number of benzene rings is 2. The van der Waals surface area contributed by atoms with Gasteiger partial charge in [0.25, 0.3) is 5.91 Å². The van der Waals surface area contributed by atoms with Crippen LogP contribution in [0.3, 0.4) is 0 Å². The summed E-state index contributed by atoms with van der Waals surface area (Å²) >= 11 is 0. The molecule has 0 radical (unpaired) electrons. The summed E-state index contributed by atoms with van der Waals surface area (Å²) in [6.07, 6.45) is 2.19. The molecule has 0 fully saturated rings. The van der Waals surface area contributed by atoms with Gasteiger partial charge in [-0.1, -0.05) is 43.3 Å². The number of phenols is 1. The summed E-state index contributed by atoms with van der Waals surface area (Å²) in [6, 6.07) is 14.1. The quantitative estimate of drug-likeness (QED) is 0.673. The Morgan fingerprint density at radius 2 is 2.04 bits per heavy atom. The Balaban J connectivity index is 1.89. The third kappa shape index (κ3) is 3.27. The van der Waals surface area contributed by atoms with Gasteiger partial charge in [0, 0.05) is 0 Å². The van der Waals surface area contributed by atoms with Crippen LogP contribution in [0.25, 0.3) is 0 Å². The van der Waals surface area contributed by atoms with E-state index in [-0.39, 0.29) is 17.2 Å². The van der Waals surface area contributed by atoms with E-state index in [1.165, 1.54) is 6.33 Å². The number of carbonyl (C=O) groups excluding carboxylic acids is 1. The van der Waals surface area contributed by atoms with Crippen LogP contribution in [-0.2, 0) is 6.42 Å². The number of aryl methyl sites for hydroxylation is 1. The van der Waals surface area contributed by atoms with Gasteiger partial charge < -0.3 is 10.4 Å². The van der Waals surface area contributed by atoms with Gasteiger partial charge in [0.05, 0.1) is 5.56 Å². The van der Waals surface area contributed by atoms with Crippen LogP contribution in [0.1, 0.15) is 40.3 Å². The fourth-order valence-electron chi connectivity index (χ4n) is 2.51. The van der Waals surface area contributed by atoms with Crippen molar-refractivity contribution >= 4 is 5.91 Å². The SMILES string of the molecule is CCc1ccc(C(=O)N[C@H](c2ccccc2)c2ncn[nH]2)c(O)c1. The molecule has 1 heterocycles. The lowest BCUT2D eigenvalue weighted by Gasteiger charge is -2.17. The highest BCUT2D eigenvalue weighted by Crippen LogP contribution is 2.23. The largest absolute Gasteiger partial charge is 0.507 e. The van der Waals surface area contributed by atoms with E-state index < -0.39 is 6.04 Å². The minimum absolute atomic E-state index is 0.0313. The first kappa shape index (κ1) is 15.7. The summed E-state index contributed by atoms with van der Waals surface area (Å²) in [5.41, 5.74) is 2.07. The number of carbonyl (C=O) groups is 1. The molecule has 1 amide bonds. The Morgan fingerprint density at radius 1 is 1.25 bits per heavy atom. The number of aromatic hydroxyl groups is 1. The molecule has 0 saturated heterocycles. The summed E-state index contributed by atoms with van der Waals surface area (Å²) in [5, 5.41) is 19.6. The first-order valence-electron chi connectivity index (χ1n) is 7.72. The molecule has 1 aromatic heterocycles. The molecule has 0 saturated carbocycles. The lowest BCUT2D eigenvalue weighted by molar-refractivity contribution is 0.0939. The highest BCUT2D eigenvalue weighted by Gasteiger charge is 2.21. The van der Waals surface area contributed by atoms with Gasteiger partial charge in [-0.25, -0.2) is 4.98 Å². The predicted molar refractivity (Wildman–Crippen MR) is 89.6 cm³/mol. The topological polar surface area (TPSA) is 90.9 Å². The maximum Gasteiger partial charge on any atom is 0.255 e. The summed E-state index contributed by atoms with van der Waals surface area (Å²) < 4.78 is 0. The van der Waals surface area contributed by atoms with Gasteiger partial charge in [0.1, 0.15) is 18.1 Å². The molecule has 3 aromatic rings. The molecule has 0 unspecified atom stereocenters. The van der Waals surface area contributed by atoms with Crippen molar-refractivity contribution in [3.05, 3.63) is 77.4 Å². The molecular weight excluding hydrogens is 304 g/mol. The summed E-state index contributed by atoms with van der Waals surface area (Å²) in [4.78, 5) is 16.8. The van der Waals surface area contributed by atoms with Crippen LogP contribution in [0.15, 0.2) is 54.9 Å². The number of aromatic nitrogens is 3. The standard InChI is InChI=1S/C18H18N4O2/c1-2-12-8-9-14(15(23)10-12)18(24)21-16(17-19-11-20-22-17)13-6-4-3-5-7-13/h3-11,16,23H,2H2,1H3,(H,21,24)(H,19,20,22)/t16-/m1/s1. The average Bonchev–Trinajstić information content (AvgIpc) is 3.14. The molecule has 3 N–H and O–H groups in total. The van der Waals surface area contributed by atoms with Crippen molar-refractivity contribution in [2.75, 3.05) is 0 Å². The summed E-state index contributed by atoms with van der Waals surface area (Å²) in [5.74, 6) is 0.121. The zero-order valence-corrected chi connectivity index (χ0v) is 13.2. The number of rotatable bonds is 5. The third-order valence-corrected chi connectivity index (χ3v) is 3.83. The van der Waals surface area contributed by atoms with Crippen LogP contribution in [0, 0.1) is 0 Å². The van der Waals surface area contributed by atoms with Crippen molar-refractivity contribution in [2.45, 2.75) is 19.4 Å². The molecular formula is C18H18N4O2. The van der Waals surface area contributed by atoms with E-state index >= 15 is 0 Å². The second-order valence-electron chi connectivity index (χ2n) is 5.39. The van der Waals surface area contributed by atoms with Crippen molar-refractivity contribution in [1.82, 2.24) is 20.5 Å². The highest BCUT2D eigenvalue weighted by atomic mass is 16.3.